The summed E-state index contributed by atoms with van der Waals surface area (Å²) >= 11 is 0. The third-order valence-corrected chi connectivity index (χ3v) is 3.80. The van der Waals surface area contributed by atoms with Gasteiger partial charge in [-0.25, -0.2) is 9.07 Å². The summed E-state index contributed by atoms with van der Waals surface area (Å²) in [5.41, 5.74) is 2.31. The lowest BCUT2D eigenvalue weighted by Gasteiger charge is -2.05. The van der Waals surface area contributed by atoms with Crippen molar-refractivity contribution in [1.82, 2.24) is 15.1 Å². The third-order valence-electron chi connectivity index (χ3n) is 3.80. The van der Waals surface area contributed by atoms with Gasteiger partial charge in [-0.15, -0.1) is 6.58 Å². The SMILES string of the molecule is C=CCNC(=O)c1cn(-c2ccc(F)cc2)nc1-c1cccc(OC)c1. The van der Waals surface area contributed by atoms with Crippen molar-refractivity contribution in [3.05, 3.63) is 78.8 Å². The lowest BCUT2D eigenvalue weighted by molar-refractivity contribution is 0.0958. The number of carbonyl (C=O) groups is 1. The van der Waals surface area contributed by atoms with E-state index in [0.717, 1.165) is 5.56 Å². The van der Waals surface area contributed by atoms with E-state index >= 15 is 0 Å². The fraction of sp³-hybridized carbons (Fsp3) is 0.100. The first-order valence-electron chi connectivity index (χ1n) is 8.01. The molecule has 0 fully saturated rings. The van der Waals surface area contributed by atoms with E-state index in [0.29, 0.717) is 29.2 Å². The normalized spacial score (nSPS) is 10.4. The second-order valence-electron chi connectivity index (χ2n) is 5.54. The topological polar surface area (TPSA) is 56.2 Å². The number of nitrogens with zero attached hydrogens (tertiary/aromatic N) is 2. The molecule has 26 heavy (non-hydrogen) atoms. The van der Waals surface area contributed by atoms with Gasteiger partial charge < -0.3 is 10.1 Å². The van der Waals surface area contributed by atoms with Crippen molar-refractivity contribution in [1.29, 1.82) is 0 Å². The molecule has 0 aliphatic rings. The largest absolute Gasteiger partial charge is 0.497 e. The van der Waals surface area contributed by atoms with Gasteiger partial charge in [0.25, 0.3) is 5.91 Å². The van der Waals surface area contributed by atoms with E-state index in [-0.39, 0.29) is 11.7 Å². The van der Waals surface area contributed by atoms with Gasteiger partial charge in [0.15, 0.2) is 0 Å². The zero-order valence-corrected chi connectivity index (χ0v) is 14.3. The predicted molar refractivity (Wildman–Crippen MR) is 98.0 cm³/mol. The van der Waals surface area contributed by atoms with Crippen molar-refractivity contribution < 1.29 is 13.9 Å². The van der Waals surface area contributed by atoms with Gasteiger partial charge in [0.05, 0.1) is 18.4 Å². The highest BCUT2D eigenvalue weighted by atomic mass is 19.1. The standard InChI is InChI=1S/C20H18FN3O2/c1-3-11-22-20(25)18-13-24(16-9-7-15(21)8-10-16)23-19(18)14-5-4-6-17(12-14)26-2/h3-10,12-13H,1,11H2,2H3,(H,22,25). The number of aromatic nitrogens is 2. The number of amides is 1. The minimum atomic E-state index is -0.335. The second-order valence-corrected chi connectivity index (χ2v) is 5.54. The average molecular weight is 351 g/mol. The van der Waals surface area contributed by atoms with Crippen LogP contribution >= 0.6 is 0 Å². The molecule has 1 aromatic heterocycles. The van der Waals surface area contributed by atoms with Crippen LogP contribution in [0.25, 0.3) is 16.9 Å². The fourth-order valence-corrected chi connectivity index (χ4v) is 2.51. The minimum absolute atomic E-state index is 0.268. The molecule has 1 N–H and O–H groups in total. The number of ether oxygens (including phenoxy) is 1. The molecule has 0 bridgehead atoms. The minimum Gasteiger partial charge on any atom is -0.497 e. The van der Waals surface area contributed by atoms with E-state index in [4.69, 9.17) is 4.74 Å². The van der Waals surface area contributed by atoms with Crippen LogP contribution in [-0.4, -0.2) is 29.3 Å². The van der Waals surface area contributed by atoms with Gasteiger partial charge in [-0.1, -0.05) is 18.2 Å². The van der Waals surface area contributed by atoms with Gasteiger partial charge in [-0.05, 0) is 36.4 Å². The Hall–Kier alpha value is -3.41. The van der Waals surface area contributed by atoms with Crippen LogP contribution in [-0.2, 0) is 0 Å². The molecule has 0 saturated carbocycles. The maximum Gasteiger partial charge on any atom is 0.255 e. The van der Waals surface area contributed by atoms with E-state index in [1.807, 2.05) is 24.3 Å². The third kappa shape index (κ3) is 3.64. The van der Waals surface area contributed by atoms with Crippen molar-refractivity contribution in [2.45, 2.75) is 0 Å². The Morgan fingerprint density at radius 1 is 1.31 bits per heavy atom. The summed E-state index contributed by atoms with van der Waals surface area (Å²) < 4.78 is 20.0. The first-order chi connectivity index (χ1) is 12.6. The number of nitrogens with one attached hydrogen (secondary N) is 1. The van der Waals surface area contributed by atoms with Gasteiger partial charge in [-0.3, -0.25) is 4.79 Å². The Kier molecular flexibility index (Phi) is 5.12. The van der Waals surface area contributed by atoms with Crippen LogP contribution in [0.4, 0.5) is 4.39 Å². The first kappa shape index (κ1) is 17.4. The number of rotatable bonds is 6. The summed E-state index contributed by atoms with van der Waals surface area (Å²) in [6.07, 6.45) is 3.23. The molecular weight excluding hydrogens is 333 g/mol. The highest BCUT2D eigenvalue weighted by Gasteiger charge is 2.18. The molecule has 0 spiro atoms. The molecule has 3 rings (SSSR count). The number of halogens is 1. The average Bonchev–Trinajstić information content (AvgIpc) is 3.12. The molecule has 132 valence electrons. The number of hydrogen-bond donors (Lipinski definition) is 1. The zero-order valence-electron chi connectivity index (χ0n) is 14.3. The summed E-state index contributed by atoms with van der Waals surface area (Å²) in [6, 6.07) is 13.2. The van der Waals surface area contributed by atoms with Crippen LogP contribution in [0.3, 0.4) is 0 Å². The van der Waals surface area contributed by atoms with Crippen molar-refractivity contribution in [2.24, 2.45) is 0 Å². The van der Waals surface area contributed by atoms with Crippen molar-refractivity contribution >= 4 is 5.91 Å². The van der Waals surface area contributed by atoms with Gasteiger partial charge in [0.1, 0.15) is 17.3 Å². The van der Waals surface area contributed by atoms with Crippen LogP contribution < -0.4 is 10.1 Å². The Morgan fingerprint density at radius 2 is 2.08 bits per heavy atom. The monoisotopic (exact) mass is 351 g/mol. The molecule has 0 saturated heterocycles. The van der Waals surface area contributed by atoms with Crippen LogP contribution in [0.5, 0.6) is 5.75 Å². The van der Waals surface area contributed by atoms with Crippen molar-refractivity contribution in [3.8, 4) is 22.7 Å². The first-order valence-corrected chi connectivity index (χ1v) is 8.01. The van der Waals surface area contributed by atoms with Crippen LogP contribution in [0.15, 0.2) is 67.4 Å². The van der Waals surface area contributed by atoms with E-state index in [1.54, 1.807) is 36.2 Å². The Labute approximate surface area is 150 Å². The van der Waals surface area contributed by atoms with Gasteiger partial charge >= 0.3 is 0 Å². The number of hydrogen-bond acceptors (Lipinski definition) is 3. The maximum atomic E-state index is 13.2. The molecule has 0 aliphatic heterocycles. The highest BCUT2D eigenvalue weighted by Crippen LogP contribution is 2.27. The molecule has 6 heteroatoms. The van der Waals surface area contributed by atoms with Gasteiger partial charge in [0.2, 0.25) is 0 Å². The Balaban J connectivity index is 2.09. The molecule has 0 aliphatic carbocycles. The highest BCUT2D eigenvalue weighted by molar-refractivity contribution is 6.00. The van der Waals surface area contributed by atoms with Crippen LogP contribution in [0.2, 0.25) is 0 Å². The van der Waals surface area contributed by atoms with Gasteiger partial charge in [0, 0.05) is 18.3 Å². The number of methoxy groups -OCH3 is 1. The summed E-state index contributed by atoms with van der Waals surface area (Å²) in [4.78, 5) is 12.5. The second kappa shape index (κ2) is 7.65. The molecule has 0 atom stereocenters. The van der Waals surface area contributed by atoms with Crippen LogP contribution in [0.1, 0.15) is 10.4 Å². The Bertz CT molecular complexity index is 932. The quantitative estimate of drug-likeness (QED) is 0.691. The fourth-order valence-electron chi connectivity index (χ4n) is 2.51. The molecule has 0 radical (unpaired) electrons. The summed E-state index contributed by atoms with van der Waals surface area (Å²) in [6.45, 7) is 3.95. The smallest absolute Gasteiger partial charge is 0.255 e. The summed E-state index contributed by atoms with van der Waals surface area (Å²) in [5, 5.41) is 7.30. The number of benzene rings is 2. The van der Waals surface area contributed by atoms with E-state index < -0.39 is 0 Å². The molecule has 0 unspecified atom stereocenters. The van der Waals surface area contributed by atoms with E-state index in [2.05, 4.69) is 17.0 Å². The summed E-state index contributed by atoms with van der Waals surface area (Å²) in [5.74, 6) is 0.0604. The maximum absolute atomic E-state index is 13.2. The molecule has 1 amide bonds. The Morgan fingerprint density at radius 3 is 2.77 bits per heavy atom. The van der Waals surface area contributed by atoms with E-state index in [1.165, 1.54) is 12.1 Å². The lowest BCUT2D eigenvalue weighted by Crippen LogP contribution is -2.23. The summed E-state index contributed by atoms with van der Waals surface area (Å²) in [7, 11) is 1.58. The molecule has 3 aromatic rings. The zero-order chi connectivity index (χ0) is 18.5. The molecule has 5 nitrogen and oxygen atoms in total. The molecule has 1 heterocycles. The lowest BCUT2D eigenvalue weighted by atomic mass is 10.1. The van der Waals surface area contributed by atoms with Crippen LogP contribution in [0, 0.1) is 5.82 Å². The van der Waals surface area contributed by atoms with Crippen molar-refractivity contribution in [3.63, 3.8) is 0 Å². The number of carbonyl (C=O) groups excluding carboxylic acids is 1. The van der Waals surface area contributed by atoms with E-state index in [9.17, 15) is 9.18 Å². The molecular formula is C20H18FN3O2. The molecule has 2 aromatic carbocycles. The predicted octanol–water partition coefficient (Wildman–Crippen LogP) is 3.60. The van der Waals surface area contributed by atoms with Crippen molar-refractivity contribution in [2.75, 3.05) is 13.7 Å². The van der Waals surface area contributed by atoms with Gasteiger partial charge in [-0.2, -0.15) is 5.10 Å².